The van der Waals surface area contributed by atoms with E-state index in [9.17, 15) is 9.90 Å². The van der Waals surface area contributed by atoms with Crippen LogP contribution in [0.15, 0.2) is 11.4 Å². The number of aliphatic hydroxyl groups excluding tert-OH is 1. The predicted molar refractivity (Wildman–Crippen MR) is 89.6 cm³/mol. The van der Waals surface area contributed by atoms with Gasteiger partial charge in [0.05, 0.1) is 5.02 Å². The molecule has 0 aromatic carbocycles. The number of likely N-dealkylation sites (tertiary alicyclic amines) is 2. The van der Waals surface area contributed by atoms with Crippen molar-refractivity contribution in [3.63, 3.8) is 0 Å². The van der Waals surface area contributed by atoms with Crippen LogP contribution in [0.3, 0.4) is 0 Å². The number of amides is 1. The van der Waals surface area contributed by atoms with E-state index in [4.69, 9.17) is 11.6 Å². The van der Waals surface area contributed by atoms with Crippen molar-refractivity contribution in [3.8, 4) is 0 Å². The first-order valence-electron chi connectivity index (χ1n) is 8.03. The molecule has 122 valence electrons. The van der Waals surface area contributed by atoms with Crippen LogP contribution >= 0.6 is 22.9 Å². The number of nitrogens with zero attached hydrogens (tertiary/aromatic N) is 2. The molecular weight excluding hydrogens is 320 g/mol. The lowest BCUT2D eigenvalue weighted by molar-refractivity contribution is 0.0470. The fraction of sp³-hybridized carbons (Fsp3) is 0.688. The zero-order chi connectivity index (χ0) is 15.5. The van der Waals surface area contributed by atoms with Crippen LogP contribution in [0.5, 0.6) is 0 Å². The minimum Gasteiger partial charge on any atom is -0.396 e. The van der Waals surface area contributed by atoms with Crippen molar-refractivity contribution in [3.05, 3.63) is 21.3 Å². The number of carbonyl (C=O) groups excluding carboxylic acids is 1. The van der Waals surface area contributed by atoms with E-state index in [1.807, 2.05) is 10.3 Å². The second-order valence-electron chi connectivity index (χ2n) is 6.47. The van der Waals surface area contributed by atoms with Crippen LogP contribution < -0.4 is 0 Å². The molecule has 0 radical (unpaired) electrons. The van der Waals surface area contributed by atoms with Crippen molar-refractivity contribution in [1.29, 1.82) is 0 Å². The quantitative estimate of drug-likeness (QED) is 0.914. The number of hydrogen-bond acceptors (Lipinski definition) is 4. The van der Waals surface area contributed by atoms with Gasteiger partial charge in [-0.05, 0) is 55.6 Å². The van der Waals surface area contributed by atoms with E-state index in [1.165, 1.54) is 37.3 Å². The van der Waals surface area contributed by atoms with E-state index in [2.05, 4.69) is 4.90 Å². The molecule has 1 amide bonds. The van der Waals surface area contributed by atoms with Gasteiger partial charge in [-0.1, -0.05) is 11.6 Å². The van der Waals surface area contributed by atoms with Crippen LogP contribution in [-0.4, -0.2) is 60.1 Å². The summed E-state index contributed by atoms with van der Waals surface area (Å²) in [4.78, 5) is 17.7. The topological polar surface area (TPSA) is 43.8 Å². The third kappa shape index (κ3) is 3.65. The van der Waals surface area contributed by atoms with E-state index >= 15 is 0 Å². The lowest BCUT2D eigenvalue weighted by atomic mass is 9.89. The zero-order valence-corrected chi connectivity index (χ0v) is 14.3. The Balaban J connectivity index is 1.67. The van der Waals surface area contributed by atoms with Gasteiger partial charge in [-0.25, -0.2) is 0 Å². The number of aliphatic hydroxyl groups is 1. The molecule has 2 fully saturated rings. The second-order valence-corrected chi connectivity index (χ2v) is 7.79. The van der Waals surface area contributed by atoms with Gasteiger partial charge in [-0.3, -0.25) is 4.79 Å². The summed E-state index contributed by atoms with van der Waals surface area (Å²) in [5.74, 6) is 0.653. The van der Waals surface area contributed by atoms with E-state index in [0.29, 0.717) is 22.4 Å². The maximum absolute atomic E-state index is 12.7. The normalized spacial score (nSPS) is 26.5. The maximum atomic E-state index is 12.7. The van der Waals surface area contributed by atoms with Gasteiger partial charge >= 0.3 is 0 Å². The zero-order valence-electron chi connectivity index (χ0n) is 12.7. The van der Waals surface area contributed by atoms with Crippen LogP contribution in [0.4, 0.5) is 0 Å². The molecule has 0 aliphatic carbocycles. The number of rotatable bonds is 4. The van der Waals surface area contributed by atoms with Gasteiger partial charge in [-0.2, -0.15) is 0 Å². The Labute approximate surface area is 140 Å². The Hall–Kier alpha value is -0.620. The van der Waals surface area contributed by atoms with Crippen molar-refractivity contribution in [1.82, 2.24) is 9.80 Å². The van der Waals surface area contributed by atoms with E-state index < -0.39 is 0 Å². The SMILES string of the molecule is O=C(c1sccc1Cl)N1C[C@H](CO)C[C@H](CN2CCCC2)C1. The van der Waals surface area contributed by atoms with E-state index in [1.54, 1.807) is 6.07 Å². The average molecular weight is 343 g/mol. The lowest BCUT2D eigenvalue weighted by Crippen LogP contribution is -2.47. The van der Waals surface area contributed by atoms with Crippen LogP contribution in [0.2, 0.25) is 5.02 Å². The molecule has 4 nitrogen and oxygen atoms in total. The average Bonchev–Trinajstić information content (AvgIpc) is 3.17. The molecule has 2 aliphatic heterocycles. The van der Waals surface area contributed by atoms with Gasteiger partial charge in [0.15, 0.2) is 0 Å². The van der Waals surface area contributed by atoms with Gasteiger partial charge < -0.3 is 14.9 Å². The molecular formula is C16H23ClN2O2S. The molecule has 1 N–H and O–H groups in total. The third-order valence-corrected chi connectivity index (χ3v) is 6.03. The van der Waals surface area contributed by atoms with Gasteiger partial charge in [0.25, 0.3) is 5.91 Å². The largest absolute Gasteiger partial charge is 0.396 e. The lowest BCUT2D eigenvalue weighted by Gasteiger charge is -2.38. The first-order chi connectivity index (χ1) is 10.7. The smallest absolute Gasteiger partial charge is 0.265 e. The van der Waals surface area contributed by atoms with Crippen LogP contribution in [0, 0.1) is 11.8 Å². The molecule has 3 heterocycles. The summed E-state index contributed by atoms with van der Waals surface area (Å²) in [6.07, 6.45) is 3.57. The molecule has 2 atom stereocenters. The van der Waals surface area contributed by atoms with Crippen molar-refractivity contribution < 1.29 is 9.90 Å². The number of carbonyl (C=O) groups is 1. The highest BCUT2D eigenvalue weighted by Crippen LogP contribution is 2.29. The summed E-state index contributed by atoms with van der Waals surface area (Å²) in [7, 11) is 0. The minimum atomic E-state index is 0.0181. The van der Waals surface area contributed by atoms with Crippen molar-refractivity contribution in [2.24, 2.45) is 11.8 Å². The molecule has 0 saturated carbocycles. The summed E-state index contributed by atoms with van der Waals surface area (Å²) >= 11 is 7.50. The molecule has 0 spiro atoms. The fourth-order valence-electron chi connectivity index (χ4n) is 3.67. The Bertz CT molecular complexity index is 516. The van der Waals surface area contributed by atoms with Crippen LogP contribution in [0.25, 0.3) is 0 Å². The Morgan fingerprint density at radius 3 is 2.68 bits per heavy atom. The standard InChI is InChI=1S/C16H23ClN2O2S/c17-14-3-6-22-15(14)16(21)19-9-12(7-13(10-19)11-20)8-18-4-1-2-5-18/h3,6,12-13,20H,1-2,4-5,7-11H2/t12-,13-/m1/s1. The fourth-order valence-corrected chi connectivity index (χ4v) is 4.77. The highest BCUT2D eigenvalue weighted by atomic mass is 35.5. The van der Waals surface area contributed by atoms with Gasteiger partial charge in [0, 0.05) is 26.2 Å². The molecule has 2 aliphatic rings. The van der Waals surface area contributed by atoms with Crippen molar-refractivity contribution in [2.45, 2.75) is 19.3 Å². The highest BCUT2D eigenvalue weighted by molar-refractivity contribution is 7.12. The summed E-state index contributed by atoms with van der Waals surface area (Å²) in [5.41, 5.74) is 0. The van der Waals surface area contributed by atoms with Crippen LogP contribution in [0.1, 0.15) is 28.9 Å². The highest BCUT2D eigenvalue weighted by Gasteiger charge is 2.32. The van der Waals surface area contributed by atoms with Gasteiger partial charge in [-0.15, -0.1) is 11.3 Å². The van der Waals surface area contributed by atoms with E-state index in [-0.39, 0.29) is 18.4 Å². The Morgan fingerprint density at radius 2 is 2.05 bits per heavy atom. The molecule has 1 aromatic heterocycles. The first-order valence-corrected chi connectivity index (χ1v) is 9.28. The van der Waals surface area contributed by atoms with Gasteiger partial charge in [0.2, 0.25) is 0 Å². The minimum absolute atomic E-state index is 0.0181. The third-order valence-electron chi connectivity index (χ3n) is 4.70. The van der Waals surface area contributed by atoms with Crippen LogP contribution in [-0.2, 0) is 0 Å². The number of halogens is 1. The predicted octanol–water partition coefficient (Wildman–Crippen LogP) is 2.57. The molecule has 6 heteroatoms. The molecule has 22 heavy (non-hydrogen) atoms. The van der Waals surface area contributed by atoms with E-state index in [0.717, 1.165) is 19.5 Å². The first kappa shape index (κ1) is 16.2. The summed E-state index contributed by atoms with van der Waals surface area (Å²) in [6.45, 7) is 4.95. The van der Waals surface area contributed by atoms with Gasteiger partial charge in [0.1, 0.15) is 4.88 Å². The Kier molecular flexibility index (Phi) is 5.39. The molecule has 0 bridgehead atoms. The summed E-state index contributed by atoms with van der Waals surface area (Å²) < 4.78 is 0. The second kappa shape index (κ2) is 7.30. The maximum Gasteiger partial charge on any atom is 0.265 e. The Morgan fingerprint density at radius 1 is 1.32 bits per heavy atom. The number of piperidine rings is 1. The molecule has 0 unspecified atom stereocenters. The molecule has 2 saturated heterocycles. The summed E-state index contributed by atoms with van der Waals surface area (Å²) in [5, 5.41) is 12.0. The molecule has 1 aromatic rings. The molecule has 3 rings (SSSR count). The number of thiophene rings is 1. The summed E-state index contributed by atoms with van der Waals surface area (Å²) in [6, 6.07) is 1.77. The van der Waals surface area contributed by atoms with Crippen molar-refractivity contribution in [2.75, 3.05) is 39.3 Å². The number of hydrogen-bond donors (Lipinski definition) is 1. The monoisotopic (exact) mass is 342 g/mol. The van der Waals surface area contributed by atoms with Crippen molar-refractivity contribution >= 4 is 28.8 Å².